The third kappa shape index (κ3) is 2.33. The first-order valence-electron chi connectivity index (χ1n) is 4.62. The van der Waals surface area contributed by atoms with Gasteiger partial charge >= 0.3 is 0 Å². The quantitative estimate of drug-likeness (QED) is 0.803. The molecule has 3 nitrogen and oxygen atoms in total. The Morgan fingerprint density at radius 3 is 3.13 bits per heavy atom. The zero-order chi connectivity index (χ0) is 10.8. The van der Waals surface area contributed by atoms with Crippen molar-refractivity contribution < 1.29 is 4.74 Å². The number of halogens is 1. The molecule has 1 heterocycles. The van der Waals surface area contributed by atoms with Crippen LogP contribution in [0.4, 0.5) is 5.69 Å². The van der Waals surface area contributed by atoms with Gasteiger partial charge in [-0.2, -0.15) is 0 Å². The van der Waals surface area contributed by atoms with Crippen molar-refractivity contribution in [2.45, 2.75) is 0 Å². The van der Waals surface area contributed by atoms with Gasteiger partial charge in [-0.3, -0.25) is 0 Å². The second kappa shape index (κ2) is 4.24. The van der Waals surface area contributed by atoms with Crippen molar-refractivity contribution in [2.75, 3.05) is 24.6 Å². The highest BCUT2D eigenvalue weighted by atomic mass is 35.5. The Hall–Kier alpha value is -1.00. The van der Waals surface area contributed by atoms with Crippen molar-refractivity contribution in [2.24, 2.45) is 5.73 Å². The van der Waals surface area contributed by atoms with Crippen molar-refractivity contribution in [3.8, 4) is 5.75 Å². The molecule has 0 aromatic heterocycles. The molecule has 1 aliphatic rings. The van der Waals surface area contributed by atoms with Crippen molar-refractivity contribution in [3.05, 3.63) is 23.2 Å². The molecule has 0 aliphatic carbocycles. The smallest absolute Gasteiger partial charge is 0.142 e. The Bertz CT molecular complexity index is 397. The summed E-state index contributed by atoms with van der Waals surface area (Å²) in [5.41, 5.74) is 6.49. The summed E-state index contributed by atoms with van der Waals surface area (Å²) in [6, 6.07) is 5.54. The zero-order valence-electron chi connectivity index (χ0n) is 8.07. The van der Waals surface area contributed by atoms with Crippen LogP contribution in [0.2, 0.25) is 5.02 Å². The monoisotopic (exact) mass is 242 g/mol. The van der Waals surface area contributed by atoms with Crippen LogP contribution >= 0.6 is 23.8 Å². The van der Waals surface area contributed by atoms with E-state index < -0.39 is 0 Å². The topological polar surface area (TPSA) is 38.5 Å². The summed E-state index contributed by atoms with van der Waals surface area (Å²) >= 11 is 10.8. The number of thiocarbonyl (C=S) groups is 1. The summed E-state index contributed by atoms with van der Waals surface area (Å²) < 4.78 is 5.51. The maximum atomic E-state index is 5.93. The van der Waals surface area contributed by atoms with Crippen LogP contribution in [-0.4, -0.2) is 24.7 Å². The lowest BCUT2D eigenvalue weighted by Crippen LogP contribution is -2.38. The minimum atomic E-state index is 0.475. The lowest BCUT2D eigenvalue weighted by atomic mass is 10.2. The van der Waals surface area contributed by atoms with E-state index in [2.05, 4.69) is 4.90 Å². The van der Waals surface area contributed by atoms with Crippen LogP contribution in [0.15, 0.2) is 18.2 Å². The van der Waals surface area contributed by atoms with E-state index >= 15 is 0 Å². The molecular formula is C10H11ClN2OS. The zero-order valence-corrected chi connectivity index (χ0v) is 9.64. The van der Waals surface area contributed by atoms with E-state index in [1.165, 1.54) is 0 Å². The molecule has 2 N–H and O–H groups in total. The number of hydrogen-bond acceptors (Lipinski definition) is 3. The molecule has 15 heavy (non-hydrogen) atoms. The summed E-state index contributed by atoms with van der Waals surface area (Å²) in [7, 11) is 0. The molecule has 80 valence electrons. The van der Waals surface area contributed by atoms with E-state index in [4.69, 9.17) is 34.3 Å². The number of rotatable bonds is 2. The average Bonchev–Trinajstić information content (AvgIpc) is 2.18. The summed E-state index contributed by atoms with van der Waals surface area (Å²) in [5.74, 6) is 0.835. The van der Waals surface area contributed by atoms with E-state index in [0.717, 1.165) is 18.0 Å². The van der Waals surface area contributed by atoms with Crippen molar-refractivity contribution in [1.29, 1.82) is 0 Å². The number of fused-ring (bicyclic) bond motifs is 1. The van der Waals surface area contributed by atoms with E-state index in [0.29, 0.717) is 23.2 Å². The SMILES string of the molecule is NC(=S)CN1CCOc2ccc(Cl)cc21. The molecule has 0 spiro atoms. The van der Waals surface area contributed by atoms with E-state index in [-0.39, 0.29) is 0 Å². The van der Waals surface area contributed by atoms with Gasteiger partial charge < -0.3 is 15.4 Å². The van der Waals surface area contributed by atoms with Crippen molar-refractivity contribution in [3.63, 3.8) is 0 Å². The van der Waals surface area contributed by atoms with Crippen LogP contribution < -0.4 is 15.4 Å². The minimum Gasteiger partial charge on any atom is -0.490 e. The number of anilines is 1. The van der Waals surface area contributed by atoms with Crippen LogP contribution in [0.5, 0.6) is 5.75 Å². The average molecular weight is 243 g/mol. The first-order chi connectivity index (χ1) is 7.16. The van der Waals surface area contributed by atoms with Crippen LogP contribution in [0.3, 0.4) is 0 Å². The third-order valence-electron chi connectivity index (χ3n) is 2.23. The molecule has 0 atom stereocenters. The number of nitrogens with zero attached hydrogens (tertiary/aromatic N) is 1. The molecular weight excluding hydrogens is 232 g/mol. The standard InChI is InChI=1S/C10H11ClN2OS/c11-7-1-2-9-8(5-7)13(3-4-14-9)6-10(12)15/h1-2,5H,3-4,6H2,(H2,12,15). The van der Waals surface area contributed by atoms with Crippen LogP contribution in [-0.2, 0) is 0 Å². The van der Waals surface area contributed by atoms with Gasteiger partial charge in [0.05, 0.1) is 23.8 Å². The third-order valence-corrected chi connectivity index (χ3v) is 2.59. The normalized spacial score (nSPS) is 14.3. The second-order valence-electron chi connectivity index (χ2n) is 3.35. The first kappa shape index (κ1) is 10.5. The molecule has 2 rings (SSSR count). The van der Waals surface area contributed by atoms with Gasteiger partial charge in [0.15, 0.2) is 0 Å². The highest BCUT2D eigenvalue weighted by Gasteiger charge is 2.18. The molecule has 0 unspecified atom stereocenters. The molecule has 0 bridgehead atoms. The molecule has 5 heteroatoms. The number of hydrogen-bond donors (Lipinski definition) is 1. The van der Waals surface area contributed by atoms with Gasteiger partial charge in [-0.05, 0) is 18.2 Å². The largest absolute Gasteiger partial charge is 0.490 e. The van der Waals surface area contributed by atoms with E-state index in [1.807, 2.05) is 18.2 Å². The number of nitrogens with two attached hydrogens (primary N) is 1. The lowest BCUT2D eigenvalue weighted by molar-refractivity contribution is 0.310. The van der Waals surface area contributed by atoms with Crippen molar-refractivity contribution in [1.82, 2.24) is 0 Å². The summed E-state index contributed by atoms with van der Waals surface area (Å²) in [4.78, 5) is 2.55. The van der Waals surface area contributed by atoms with Crippen LogP contribution in [0.25, 0.3) is 0 Å². The number of benzene rings is 1. The minimum absolute atomic E-state index is 0.475. The van der Waals surface area contributed by atoms with Gasteiger partial charge in [0.2, 0.25) is 0 Å². The van der Waals surface area contributed by atoms with E-state index in [1.54, 1.807) is 0 Å². The maximum absolute atomic E-state index is 5.93. The summed E-state index contributed by atoms with van der Waals surface area (Å²) in [5, 5.41) is 0.687. The van der Waals surface area contributed by atoms with Crippen molar-refractivity contribution >= 4 is 34.5 Å². The molecule has 0 fully saturated rings. The Labute approximate surface area is 98.8 Å². The van der Waals surface area contributed by atoms with Gasteiger partial charge in [0, 0.05) is 5.02 Å². The molecule has 1 aliphatic heterocycles. The predicted molar refractivity (Wildman–Crippen MR) is 65.9 cm³/mol. The summed E-state index contributed by atoms with van der Waals surface area (Å²) in [6.07, 6.45) is 0. The van der Waals surface area contributed by atoms with Gasteiger partial charge in [-0.15, -0.1) is 0 Å². The van der Waals surface area contributed by atoms with Gasteiger partial charge in [-0.1, -0.05) is 23.8 Å². The first-order valence-corrected chi connectivity index (χ1v) is 5.41. The lowest BCUT2D eigenvalue weighted by Gasteiger charge is -2.30. The molecule has 0 saturated heterocycles. The number of ether oxygens (including phenoxy) is 1. The van der Waals surface area contributed by atoms with Gasteiger partial charge in [0.25, 0.3) is 0 Å². The Kier molecular flexibility index (Phi) is 2.98. The molecule has 1 aromatic carbocycles. The second-order valence-corrected chi connectivity index (χ2v) is 4.31. The Balaban J connectivity index is 2.32. The maximum Gasteiger partial charge on any atom is 0.142 e. The molecule has 0 saturated carbocycles. The fourth-order valence-corrected chi connectivity index (χ4v) is 1.92. The highest BCUT2D eigenvalue weighted by Crippen LogP contribution is 2.33. The molecule has 0 radical (unpaired) electrons. The van der Waals surface area contributed by atoms with Crippen LogP contribution in [0, 0.1) is 0 Å². The predicted octanol–water partition coefficient (Wildman–Crippen LogP) is 1.82. The fraction of sp³-hybridized carbons (Fsp3) is 0.300. The Morgan fingerprint density at radius 1 is 1.60 bits per heavy atom. The van der Waals surface area contributed by atoms with Gasteiger partial charge in [-0.25, -0.2) is 0 Å². The molecule has 0 amide bonds. The molecule has 1 aromatic rings. The van der Waals surface area contributed by atoms with Gasteiger partial charge in [0.1, 0.15) is 12.4 Å². The van der Waals surface area contributed by atoms with E-state index in [9.17, 15) is 0 Å². The highest BCUT2D eigenvalue weighted by molar-refractivity contribution is 7.80. The summed E-state index contributed by atoms with van der Waals surface area (Å²) in [6.45, 7) is 1.99. The fourth-order valence-electron chi connectivity index (χ4n) is 1.60. The Morgan fingerprint density at radius 2 is 2.40 bits per heavy atom. The van der Waals surface area contributed by atoms with Crippen LogP contribution in [0.1, 0.15) is 0 Å².